The fraction of sp³-hybridized carbons (Fsp3) is 0.800. The van der Waals surface area contributed by atoms with Crippen LogP contribution in [-0.4, -0.2) is 93.9 Å². The van der Waals surface area contributed by atoms with E-state index in [9.17, 15) is 23.9 Å². The number of piperidine rings is 1. The van der Waals surface area contributed by atoms with Gasteiger partial charge in [-0.15, -0.1) is 0 Å². The van der Waals surface area contributed by atoms with E-state index in [4.69, 9.17) is 5.11 Å². The number of halogens is 1. The van der Waals surface area contributed by atoms with E-state index >= 15 is 0 Å². The topological polar surface area (TPSA) is 101 Å². The van der Waals surface area contributed by atoms with Crippen LogP contribution in [0.25, 0.3) is 0 Å². The summed E-state index contributed by atoms with van der Waals surface area (Å²) in [5.74, 6) is -0.421. The van der Waals surface area contributed by atoms with Gasteiger partial charge in [-0.3, -0.25) is 14.5 Å². The van der Waals surface area contributed by atoms with Crippen molar-refractivity contribution >= 4 is 17.9 Å². The van der Waals surface area contributed by atoms with Crippen molar-refractivity contribution in [3.05, 3.63) is 0 Å². The van der Waals surface area contributed by atoms with Crippen LogP contribution in [0, 0.1) is 0 Å². The van der Waals surface area contributed by atoms with Gasteiger partial charge >= 0.3 is 6.09 Å². The fourth-order valence-electron chi connectivity index (χ4n) is 3.12. The summed E-state index contributed by atoms with van der Waals surface area (Å²) in [6.07, 6.45) is -2.71. The first kappa shape index (κ1) is 18.4. The summed E-state index contributed by atoms with van der Waals surface area (Å²) in [6.45, 7) is 2.81. The molecular weight excluding hydrogens is 321 g/mol. The van der Waals surface area contributed by atoms with Crippen molar-refractivity contribution in [2.75, 3.05) is 32.7 Å². The minimum atomic E-state index is -1.28. The number of nitrogens with zero attached hydrogens (tertiary/aromatic N) is 3. The molecule has 2 heterocycles. The van der Waals surface area contributed by atoms with Crippen molar-refractivity contribution in [1.29, 1.82) is 0 Å². The maximum absolute atomic E-state index is 13.2. The minimum absolute atomic E-state index is 0.00719. The Kier molecular flexibility index (Phi) is 5.98. The number of β-amino-alcohol motifs (C(OH)–C–C–N with tert-alkyl or cyclic N) is 1. The van der Waals surface area contributed by atoms with Gasteiger partial charge < -0.3 is 20.0 Å². The summed E-state index contributed by atoms with van der Waals surface area (Å²) < 4.78 is 13.2. The first-order valence-electron chi connectivity index (χ1n) is 8.19. The second kappa shape index (κ2) is 7.78. The van der Waals surface area contributed by atoms with E-state index in [-0.39, 0.29) is 37.7 Å². The van der Waals surface area contributed by atoms with Gasteiger partial charge in [0.1, 0.15) is 18.3 Å². The van der Waals surface area contributed by atoms with Crippen molar-refractivity contribution in [2.45, 2.75) is 44.5 Å². The molecule has 8 nitrogen and oxygen atoms in total. The Morgan fingerprint density at radius 3 is 2.62 bits per heavy atom. The fourth-order valence-corrected chi connectivity index (χ4v) is 3.12. The largest absolute Gasteiger partial charge is 0.465 e. The molecule has 2 N–H and O–H groups in total. The Hall–Kier alpha value is -1.90. The van der Waals surface area contributed by atoms with Gasteiger partial charge in [-0.2, -0.15) is 0 Å². The normalized spacial score (nSPS) is 28.2. The number of alkyl halides is 1. The lowest BCUT2D eigenvalue weighted by molar-refractivity contribution is -0.141. The van der Waals surface area contributed by atoms with Crippen LogP contribution in [0.5, 0.6) is 0 Å². The molecule has 3 amide bonds. The maximum atomic E-state index is 13.2. The van der Waals surface area contributed by atoms with Gasteiger partial charge in [0.25, 0.3) is 0 Å². The molecule has 0 radical (unpaired) electrons. The van der Waals surface area contributed by atoms with E-state index < -0.39 is 24.4 Å². The van der Waals surface area contributed by atoms with Crippen molar-refractivity contribution < 1.29 is 29.0 Å². The molecule has 0 aromatic rings. The SMILES string of the molecule is C[C@H]1C(=O)N(CCCC(=O)N2CCC(F)C(O)C2)CCN1C(=O)O. The highest BCUT2D eigenvalue weighted by atomic mass is 19.1. The number of likely N-dealkylation sites (tertiary alicyclic amines) is 1. The first-order valence-corrected chi connectivity index (χ1v) is 8.19. The lowest BCUT2D eigenvalue weighted by atomic mass is 10.1. The molecule has 9 heteroatoms. The molecule has 2 unspecified atom stereocenters. The summed E-state index contributed by atoms with van der Waals surface area (Å²) in [5, 5.41) is 18.5. The predicted molar refractivity (Wildman–Crippen MR) is 82.1 cm³/mol. The van der Waals surface area contributed by atoms with Crippen molar-refractivity contribution in [3.8, 4) is 0 Å². The van der Waals surface area contributed by atoms with Crippen molar-refractivity contribution in [1.82, 2.24) is 14.7 Å². The molecule has 24 heavy (non-hydrogen) atoms. The van der Waals surface area contributed by atoms with Gasteiger partial charge in [0.15, 0.2) is 0 Å². The number of carboxylic acid groups (broad SMARTS) is 1. The van der Waals surface area contributed by atoms with E-state index in [0.717, 1.165) is 4.90 Å². The summed E-state index contributed by atoms with van der Waals surface area (Å²) in [5.41, 5.74) is 0. The average Bonchev–Trinajstić information content (AvgIpc) is 2.53. The smallest absolute Gasteiger partial charge is 0.408 e. The van der Waals surface area contributed by atoms with E-state index in [0.29, 0.717) is 26.1 Å². The van der Waals surface area contributed by atoms with E-state index in [1.165, 1.54) is 4.90 Å². The molecule has 0 aromatic carbocycles. The molecular formula is C15H24FN3O5. The number of hydrogen-bond donors (Lipinski definition) is 2. The van der Waals surface area contributed by atoms with Crippen LogP contribution in [-0.2, 0) is 9.59 Å². The van der Waals surface area contributed by atoms with Crippen LogP contribution >= 0.6 is 0 Å². The minimum Gasteiger partial charge on any atom is -0.465 e. The van der Waals surface area contributed by atoms with Crippen LogP contribution < -0.4 is 0 Å². The molecule has 0 saturated carbocycles. The van der Waals surface area contributed by atoms with E-state index in [1.54, 1.807) is 11.8 Å². The number of rotatable bonds is 4. The molecule has 3 atom stereocenters. The summed E-state index contributed by atoms with van der Waals surface area (Å²) in [6, 6.07) is -0.717. The van der Waals surface area contributed by atoms with Crippen molar-refractivity contribution in [3.63, 3.8) is 0 Å². The highest BCUT2D eigenvalue weighted by Crippen LogP contribution is 2.16. The van der Waals surface area contributed by atoms with Crippen LogP contribution in [0.3, 0.4) is 0 Å². The van der Waals surface area contributed by atoms with Gasteiger partial charge in [-0.05, 0) is 19.8 Å². The number of aliphatic hydroxyl groups is 1. The lowest BCUT2D eigenvalue weighted by Crippen LogP contribution is -2.57. The number of carbonyl (C=O) groups excluding carboxylic acids is 2. The average molecular weight is 345 g/mol. The molecule has 2 saturated heterocycles. The third-order valence-corrected chi connectivity index (χ3v) is 4.66. The number of amides is 3. The van der Waals surface area contributed by atoms with Gasteiger partial charge in [-0.1, -0.05) is 0 Å². The predicted octanol–water partition coefficient (Wildman–Crippen LogP) is -0.0914. The molecule has 2 rings (SSSR count). The summed E-state index contributed by atoms with van der Waals surface area (Å²) >= 11 is 0. The Balaban J connectivity index is 1.75. The van der Waals surface area contributed by atoms with Gasteiger partial charge in [0, 0.05) is 39.1 Å². The Morgan fingerprint density at radius 2 is 2.00 bits per heavy atom. The quantitative estimate of drug-likeness (QED) is 0.741. The molecule has 0 aliphatic carbocycles. The van der Waals surface area contributed by atoms with E-state index in [2.05, 4.69) is 0 Å². The monoisotopic (exact) mass is 345 g/mol. The number of piperazine rings is 1. The highest BCUT2D eigenvalue weighted by Gasteiger charge is 2.34. The highest BCUT2D eigenvalue weighted by molar-refractivity contribution is 5.86. The van der Waals surface area contributed by atoms with Crippen LogP contribution in [0.2, 0.25) is 0 Å². The first-order chi connectivity index (χ1) is 11.3. The third kappa shape index (κ3) is 4.14. The second-order valence-electron chi connectivity index (χ2n) is 6.29. The number of hydrogen-bond acceptors (Lipinski definition) is 4. The zero-order valence-corrected chi connectivity index (χ0v) is 13.7. The zero-order chi connectivity index (χ0) is 17.9. The van der Waals surface area contributed by atoms with Crippen LogP contribution in [0.1, 0.15) is 26.2 Å². The van der Waals surface area contributed by atoms with Crippen LogP contribution in [0.15, 0.2) is 0 Å². The summed E-state index contributed by atoms with van der Waals surface area (Å²) in [7, 11) is 0. The standard InChI is InChI=1S/C15H24FN3O5/c1-10-14(22)17(7-8-19(10)15(23)24)5-2-3-13(21)18-6-4-11(16)12(20)9-18/h10-12,20H,2-9H2,1H3,(H,23,24)/t10-,11?,12?/m0/s1. The maximum Gasteiger partial charge on any atom is 0.408 e. The number of aliphatic hydroxyl groups excluding tert-OH is 1. The molecule has 0 bridgehead atoms. The van der Waals surface area contributed by atoms with Gasteiger partial charge in [0.05, 0.1) is 0 Å². The lowest BCUT2D eigenvalue weighted by Gasteiger charge is -2.37. The Bertz CT molecular complexity index is 504. The molecule has 0 aromatic heterocycles. The van der Waals surface area contributed by atoms with Gasteiger partial charge in [0.2, 0.25) is 11.8 Å². The Morgan fingerprint density at radius 1 is 1.29 bits per heavy atom. The van der Waals surface area contributed by atoms with Crippen LogP contribution in [0.4, 0.5) is 9.18 Å². The summed E-state index contributed by atoms with van der Waals surface area (Å²) in [4.78, 5) is 39.4. The second-order valence-corrected chi connectivity index (χ2v) is 6.29. The van der Waals surface area contributed by atoms with Gasteiger partial charge in [-0.25, -0.2) is 9.18 Å². The van der Waals surface area contributed by atoms with E-state index in [1.807, 2.05) is 0 Å². The molecule has 2 aliphatic heterocycles. The molecule has 2 aliphatic rings. The molecule has 0 spiro atoms. The third-order valence-electron chi connectivity index (χ3n) is 4.66. The zero-order valence-electron chi connectivity index (χ0n) is 13.7. The Labute approximate surface area is 139 Å². The van der Waals surface area contributed by atoms with Crippen molar-refractivity contribution in [2.24, 2.45) is 0 Å². The molecule has 136 valence electrons. The number of carbonyl (C=O) groups is 3. The molecule has 2 fully saturated rings.